The number of aliphatic imine (C=N–C) groups is 2. The van der Waals surface area contributed by atoms with Crippen molar-refractivity contribution in [3.63, 3.8) is 0 Å². The number of hydrogen-bond acceptors (Lipinski definition) is 4. The van der Waals surface area contributed by atoms with Crippen molar-refractivity contribution >= 4 is 12.2 Å². The minimum atomic E-state index is -0.0211. The van der Waals surface area contributed by atoms with Crippen molar-refractivity contribution in [1.82, 2.24) is 0 Å². The first-order chi connectivity index (χ1) is 9.09. The van der Waals surface area contributed by atoms with Crippen LogP contribution in [0.4, 0.5) is 0 Å². The second-order valence-electron chi connectivity index (χ2n) is 5.93. The van der Waals surface area contributed by atoms with Gasteiger partial charge in [-0.15, -0.1) is 0 Å². The highest BCUT2D eigenvalue weighted by Crippen LogP contribution is 2.52. The predicted molar refractivity (Wildman–Crippen MR) is 74.5 cm³/mol. The summed E-state index contributed by atoms with van der Waals surface area (Å²) in [6, 6.07) is 0.0213. The number of hydrogen-bond donors (Lipinski definition) is 0. The van der Waals surface area contributed by atoms with E-state index < -0.39 is 0 Å². The molecule has 1 fully saturated rings. The molecule has 0 N–H and O–H groups in total. The smallest absolute Gasteiger partial charge is 0.211 e. The van der Waals surface area contributed by atoms with Gasteiger partial charge in [-0.25, -0.2) is 19.6 Å². The van der Waals surface area contributed by atoms with E-state index in [9.17, 15) is 9.59 Å². The molecule has 1 aliphatic carbocycles. The molecule has 0 spiro atoms. The molecule has 0 heterocycles. The molecule has 1 aliphatic rings. The number of isocyanates is 2. The Bertz CT molecular complexity index is 391. The van der Waals surface area contributed by atoms with Gasteiger partial charge >= 0.3 is 0 Å². The molecule has 1 rings (SSSR count). The zero-order valence-electron chi connectivity index (χ0n) is 12.2. The molecule has 1 saturated carbocycles. The minimum Gasteiger partial charge on any atom is -0.211 e. The Labute approximate surface area is 115 Å². The zero-order chi connectivity index (χ0) is 14.4. The molecule has 0 radical (unpaired) electrons. The Kier molecular flexibility index (Phi) is 5.65. The van der Waals surface area contributed by atoms with Crippen LogP contribution in [0.3, 0.4) is 0 Å². The Hall–Kier alpha value is -1.24. The minimum absolute atomic E-state index is 0.0211. The molecule has 0 aromatic heterocycles. The second-order valence-corrected chi connectivity index (χ2v) is 5.93. The van der Waals surface area contributed by atoms with E-state index in [-0.39, 0.29) is 16.9 Å². The SMILES string of the molecule is CCC1(CC)CC(N=C=O)CC(CC)(CN=C=O)C1. The summed E-state index contributed by atoms with van der Waals surface area (Å²) >= 11 is 0. The lowest BCUT2D eigenvalue weighted by atomic mass is 9.57. The third-order valence-corrected chi connectivity index (χ3v) is 5.05. The fraction of sp³-hybridized carbons (Fsp3) is 0.867. The zero-order valence-corrected chi connectivity index (χ0v) is 12.2. The van der Waals surface area contributed by atoms with Crippen molar-refractivity contribution in [3.05, 3.63) is 0 Å². The largest absolute Gasteiger partial charge is 0.235 e. The maximum absolute atomic E-state index is 10.6. The summed E-state index contributed by atoms with van der Waals surface area (Å²) in [7, 11) is 0. The number of carbonyl (C=O) groups excluding carboxylic acids is 2. The van der Waals surface area contributed by atoms with Gasteiger partial charge in [0, 0.05) is 0 Å². The standard InChI is InChI=1S/C15H24N2O2/c1-4-14(5-2)7-13(17-12-19)8-15(6-3,9-14)10-16-11-18/h13H,4-10H2,1-3H3. The fourth-order valence-corrected chi connectivity index (χ4v) is 3.67. The van der Waals surface area contributed by atoms with Crippen LogP contribution >= 0.6 is 0 Å². The van der Waals surface area contributed by atoms with Crippen LogP contribution in [0.2, 0.25) is 0 Å². The van der Waals surface area contributed by atoms with Crippen molar-refractivity contribution in [3.8, 4) is 0 Å². The van der Waals surface area contributed by atoms with Crippen LogP contribution in [-0.4, -0.2) is 24.7 Å². The second kappa shape index (κ2) is 6.79. The Balaban J connectivity index is 3.08. The van der Waals surface area contributed by atoms with Crippen molar-refractivity contribution in [1.29, 1.82) is 0 Å². The van der Waals surface area contributed by atoms with Gasteiger partial charge in [0.2, 0.25) is 12.2 Å². The van der Waals surface area contributed by atoms with Gasteiger partial charge in [-0.3, -0.25) is 0 Å². The quantitative estimate of drug-likeness (QED) is 0.545. The highest BCUT2D eigenvalue weighted by Gasteiger charge is 2.45. The summed E-state index contributed by atoms with van der Waals surface area (Å²) < 4.78 is 0. The van der Waals surface area contributed by atoms with Crippen LogP contribution in [0.15, 0.2) is 9.98 Å². The van der Waals surface area contributed by atoms with E-state index in [0.717, 1.165) is 38.5 Å². The van der Waals surface area contributed by atoms with E-state index in [2.05, 4.69) is 30.8 Å². The van der Waals surface area contributed by atoms with Crippen LogP contribution < -0.4 is 0 Å². The maximum Gasteiger partial charge on any atom is 0.235 e. The van der Waals surface area contributed by atoms with E-state index in [1.165, 1.54) is 0 Å². The average molecular weight is 264 g/mol. The van der Waals surface area contributed by atoms with Crippen LogP contribution in [-0.2, 0) is 9.59 Å². The first-order valence-corrected chi connectivity index (χ1v) is 7.20. The third-order valence-electron chi connectivity index (χ3n) is 5.05. The fourth-order valence-electron chi connectivity index (χ4n) is 3.67. The molecule has 0 aliphatic heterocycles. The van der Waals surface area contributed by atoms with Gasteiger partial charge in [0.25, 0.3) is 0 Å². The lowest BCUT2D eigenvalue weighted by Gasteiger charge is -2.48. The Morgan fingerprint density at radius 1 is 1.00 bits per heavy atom. The molecule has 0 saturated heterocycles. The van der Waals surface area contributed by atoms with Crippen molar-refractivity contribution in [2.24, 2.45) is 20.8 Å². The summed E-state index contributed by atoms with van der Waals surface area (Å²) in [6.45, 7) is 7.02. The van der Waals surface area contributed by atoms with Gasteiger partial charge < -0.3 is 0 Å². The monoisotopic (exact) mass is 264 g/mol. The predicted octanol–water partition coefficient (Wildman–Crippen LogP) is 3.41. The maximum atomic E-state index is 10.6. The molecule has 4 heteroatoms. The van der Waals surface area contributed by atoms with Gasteiger partial charge in [-0.05, 0) is 36.5 Å². The molecule has 0 bridgehead atoms. The van der Waals surface area contributed by atoms with E-state index in [0.29, 0.717) is 6.54 Å². The van der Waals surface area contributed by atoms with Crippen LogP contribution in [0.1, 0.15) is 59.3 Å². The molecule has 2 unspecified atom stereocenters. The normalized spacial score (nSPS) is 29.1. The summed E-state index contributed by atoms with van der Waals surface area (Å²) in [5.74, 6) is 0. The van der Waals surface area contributed by atoms with Crippen LogP contribution in [0, 0.1) is 10.8 Å². The van der Waals surface area contributed by atoms with Crippen molar-refractivity contribution in [2.75, 3.05) is 6.54 Å². The lowest BCUT2D eigenvalue weighted by Crippen LogP contribution is -2.43. The highest BCUT2D eigenvalue weighted by molar-refractivity contribution is 5.34. The highest BCUT2D eigenvalue weighted by atomic mass is 16.1. The molecule has 0 aromatic rings. The van der Waals surface area contributed by atoms with E-state index >= 15 is 0 Å². The Morgan fingerprint density at radius 3 is 2.05 bits per heavy atom. The van der Waals surface area contributed by atoms with Crippen LogP contribution in [0.5, 0.6) is 0 Å². The first kappa shape index (κ1) is 15.8. The molecule has 2 atom stereocenters. The molecular formula is C15H24N2O2. The first-order valence-electron chi connectivity index (χ1n) is 7.20. The lowest BCUT2D eigenvalue weighted by molar-refractivity contribution is 0.0400. The van der Waals surface area contributed by atoms with Gasteiger partial charge in [0.05, 0.1) is 12.6 Å². The molecular weight excluding hydrogens is 240 g/mol. The van der Waals surface area contributed by atoms with Gasteiger partial charge in [-0.2, -0.15) is 0 Å². The summed E-state index contributed by atoms with van der Waals surface area (Å²) in [6.07, 6.45) is 9.28. The van der Waals surface area contributed by atoms with E-state index in [1.807, 2.05) is 0 Å². The molecule has 4 nitrogen and oxygen atoms in total. The Morgan fingerprint density at radius 2 is 1.58 bits per heavy atom. The number of rotatable bonds is 6. The topological polar surface area (TPSA) is 58.9 Å². The van der Waals surface area contributed by atoms with E-state index in [4.69, 9.17) is 0 Å². The summed E-state index contributed by atoms with van der Waals surface area (Å²) in [5.41, 5.74) is 0.185. The van der Waals surface area contributed by atoms with E-state index in [1.54, 1.807) is 12.2 Å². The van der Waals surface area contributed by atoms with Crippen molar-refractivity contribution in [2.45, 2.75) is 65.3 Å². The molecule has 0 aromatic carbocycles. The van der Waals surface area contributed by atoms with Gasteiger partial charge in [0.1, 0.15) is 0 Å². The molecule has 0 amide bonds. The summed E-state index contributed by atoms with van der Waals surface area (Å²) in [5, 5.41) is 0. The molecule has 19 heavy (non-hydrogen) atoms. The van der Waals surface area contributed by atoms with Crippen molar-refractivity contribution < 1.29 is 9.59 Å². The molecule has 106 valence electrons. The third kappa shape index (κ3) is 3.62. The van der Waals surface area contributed by atoms with Crippen LogP contribution in [0.25, 0.3) is 0 Å². The number of nitrogens with zero attached hydrogens (tertiary/aromatic N) is 2. The van der Waals surface area contributed by atoms with Gasteiger partial charge in [0.15, 0.2) is 0 Å². The van der Waals surface area contributed by atoms with Gasteiger partial charge in [-0.1, -0.05) is 33.6 Å². The average Bonchev–Trinajstić information content (AvgIpc) is 2.45. The summed E-state index contributed by atoms with van der Waals surface area (Å²) in [4.78, 5) is 28.8.